The highest BCUT2D eigenvalue weighted by molar-refractivity contribution is 9.09. The van der Waals surface area contributed by atoms with Gasteiger partial charge in [0.05, 0.1) is 11.0 Å². The van der Waals surface area contributed by atoms with E-state index in [4.69, 9.17) is 4.85 Å². The first-order valence-electron chi connectivity index (χ1n) is 20.0. The van der Waals surface area contributed by atoms with E-state index in [0.29, 0.717) is 47.5 Å². The lowest BCUT2D eigenvalue weighted by Gasteiger charge is -2.70. The zero-order valence-electron chi connectivity index (χ0n) is 32.1. The van der Waals surface area contributed by atoms with Crippen molar-refractivity contribution in [1.29, 1.82) is 0 Å². The van der Waals surface area contributed by atoms with E-state index in [1.807, 2.05) is 30.3 Å². The molecule has 51 heavy (non-hydrogen) atoms. The minimum atomic E-state index is -0.831. The molecule has 7 nitrogen and oxygen atoms in total. The maximum Gasteiger partial charge on any atom is 0.457 e. The summed E-state index contributed by atoms with van der Waals surface area (Å²) in [6.45, 7) is 16.9. The van der Waals surface area contributed by atoms with Crippen molar-refractivity contribution in [2.24, 2.45) is 51.8 Å². The van der Waals surface area contributed by atoms with Gasteiger partial charge in [-0.2, -0.15) is 9.41 Å². The van der Waals surface area contributed by atoms with Crippen LogP contribution < -0.4 is 11.4 Å². The first-order chi connectivity index (χ1) is 24.3. The largest absolute Gasteiger partial charge is 0.457 e. The van der Waals surface area contributed by atoms with E-state index in [0.717, 1.165) is 44.9 Å². The van der Waals surface area contributed by atoms with Crippen LogP contribution in [0, 0.1) is 57.9 Å². The van der Waals surface area contributed by atoms with Crippen LogP contribution >= 0.6 is 15.9 Å². The summed E-state index contributed by atoms with van der Waals surface area (Å²) in [5.74, 6) is 2.62. The average molecular weight is 761 g/mol. The standard InChI is InChI=1S/C43H60BrN4O3/c1-8-31(5)42-24-23-39(6)35(30(4)14-12-13-29(2)3)18-22-43(39)36(42)19-21-41(26-32(25-34(49)27-44)17-20-40(41,42)7)48-38(51)47(33-15-10-9-11-16-33)37(50)46(48)28-45-43/h9-11,15-16,19,21,29-32,35-36H,8,12-14,17-18,20,22-27H2,1-7H3/q+1. The van der Waals surface area contributed by atoms with Crippen molar-refractivity contribution in [3.63, 3.8) is 0 Å². The summed E-state index contributed by atoms with van der Waals surface area (Å²) in [5, 5.41) is 0.329. The van der Waals surface area contributed by atoms with Gasteiger partial charge in [-0.25, -0.2) is 9.59 Å². The Hall–Kier alpha value is -2.66. The monoisotopic (exact) mass is 759 g/mol. The van der Waals surface area contributed by atoms with E-state index in [1.54, 1.807) is 4.68 Å². The molecule has 3 heterocycles. The van der Waals surface area contributed by atoms with Crippen LogP contribution in [0.1, 0.15) is 126 Å². The highest BCUT2D eigenvalue weighted by atomic mass is 79.9. The molecule has 6 aliphatic rings. The summed E-state index contributed by atoms with van der Waals surface area (Å²) in [7, 11) is 0. The first kappa shape index (κ1) is 36.7. The molecule has 10 unspecified atom stereocenters. The van der Waals surface area contributed by atoms with E-state index < -0.39 is 16.8 Å². The molecule has 0 saturated heterocycles. The molecule has 1 aromatic heterocycles. The summed E-state index contributed by atoms with van der Waals surface area (Å²) in [6, 6.07) is 9.30. The number of hydrogen-bond donors (Lipinski definition) is 0. The van der Waals surface area contributed by atoms with E-state index in [9.17, 15) is 9.59 Å². The summed E-state index contributed by atoms with van der Waals surface area (Å²) in [4.78, 5) is 48.5. The van der Waals surface area contributed by atoms with Gasteiger partial charge >= 0.3 is 17.6 Å². The van der Waals surface area contributed by atoms with Crippen LogP contribution in [0.4, 0.5) is 0 Å². The lowest BCUT2D eigenvalue weighted by Crippen LogP contribution is -2.72. The summed E-state index contributed by atoms with van der Waals surface area (Å²) >= 11 is 3.42. The van der Waals surface area contributed by atoms with Crippen molar-refractivity contribution < 1.29 is 4.79 Å². The third-order valence-corrected chi connectivity index (χ3v) is 16.6. The van der Waals surface area contributed by atoms with Crippen LogP contribution in [0.25, 0.3) is 10.5 Å². The second-order valence-corrected chi connectivity index (χ2v) is 18.8. The molecule has 3 saturated carbocycles. The van der Waals surface area contributed by atoms with E-state index in [2.05, 4.69) is 82.7 Å². The fourth-order valence-corrected chi connectivity index (χ4v) is 13.5. The molecule has 2 aliphatic heterocycles. The normalized spacial score (nSPS) is 37.3. The zero-order chi connectivity index (χ0) is 36.6. The lowest BCUT2D eigenvalue weighted by atomic mass is 9.33. The highest BCUT2D eigenvalue weighted by Gasteiger charge is 2.79. The molecular formula is C43H60BrN4O3+. The Balaban J connectivity index is 1.52. The molecule has 276 valence electrons. The van der Waals surface area contributed by atoms with Gasteiger partial charge in [0.25, 0.3) is 0 Å². The number of carbonyl (C=O) groups excluding carboxylic acids is 1. The number of carbonyl (C=O) groups is 1. The van der Waals surface area contributed by atoms with Gasteiger partial charge < -0.3 is 0 Å². The van der Waals surface area contributed by atoms with E-state index >= 15 is 4.79 Å². The van der Waals surface area contributed by atoms with Crippen molar-refractivity contribution in [2.45, 2.75) is 137 Å². The van der Waals surface area contributed by atoms with Gasteiger partial charge in [0.15, 0.2) is 0 Å². The second kappa shape index (κ2) is 13.0. The lowest BCUT2D eigenvalue weighted by molar-refractivity contribution is -0.200. The zero-order valence-corrected chi connectivity index (χ0v) is 33.7. The molecule has 8 heteroatoms. The summed E-state index contributed by atoms with van der Waals surface area (Å²) < 4.78 is 4.57. The van der Waals surface area contributed by atoms with Crippen LogP contribution in [0.3, 0.4) is 0 Å². The Morgan fingerprint density at radius 1 is 1.00 bits per heavy atom. The van der Waals surface area contributed by atoms with E-state index in [-0.39, 0.29) is 39.6 Å². The summed E-state index contributed by atoms with van der Waals surface area (Å²) in [6.07, 6.45) is 20.2. The first-order valence-corrected chi connectivity index (χ1v) is 21.2. The third-order valence-electron chi connectivity index (χ3n) is 15.9. The van der Waals surface area contributed by atoms with Crippen LogP contribution in [0.2, 0.25) is 0 Å². The van der Waals surface area contributed by atoms with Crippen LogP contribution in [-0.4, -0.2) is 30.6 Å². The molecule has 10 atom stereocenters. The number of nitrogens with zero attached hydrogens (tertiary/aromatic N) is 4. The van der Waals surface area contributed by atoms with Gasteiger partial charge in [-0.15, -0.1) is 4.68 Å². The van der Waals surface area contributed by atoms with Crippen LogP contribution in [0.15, 0.2) is 52.1 Å². The molecule has 2 spiro atoms. The number of halogens is 1. The van der Waals surface area contributed by atoms with Gasteiger partial charge in [0, 0.05) is 29.6 Å². The van der Waals surface area contributed by atoms with Gasteiger partial charge in [0.1, 0.15) is 11.3 Å². The molecule has 0 radical (unpaired) electrons. The van der Waals surface area contributed by atoms with Gasteiger partial charge in [-0.1, -0.05) is 120 Å². The number of Topliss-reactive ketones (excluding diaryl/α,β-unsaturated/α-hetero) is 1. The van der Waals surface area contributed by atoms with Crippen LogP contribution in [0.5, 0.6) is 0 Å². The Labute approximate surface area is 313 Å². The van der Waals surface area contributed by atoms with E-state index in [1.165, 1.54) is 28.5 Å². The average Bonchev–Trinajstić information content (AvgIpc) is 3.58. The number of para-hydroxylation sites is 1. The smallest absolute Gasteiger partial charge is 0.299 e. The number of allylic oxidation sites excluding steroid dienone is 1. The third kappa shape index (κ3) is 4.94. The Kier molecular flexibility index (Phi) is 9.37. The Morgan fingerprint density at radius 3 is 2.43 bits per heavy atom. The Bertz CT molecular complexity index is 1880. The number of hydrogen-bond acceptors (Lipinski definition) is 3. The topological polar surface area (TPSA) is 70.4 Å². The molecule has 8 rings (SSSR count). The van der Waals surface area contributed by atoms with Crippen molar-refractivity contribution >= 4 is 21.7 Å². The number of alkyl halides is 1. The molecule has 1 aromatic carbocycles. The predicted octanol–water partition coefficient (Wildman–Crippen LogP) is 9.44. The molecule has 4 aliphatic carbocycles. The molecule has 0 amide bonds. The van der Waals surface area contributed by atoms with Crippen molar-refractivity contribution in [3.05, 3.63) is 68.3 Å². The SMILES string of the molecule is CCC(C)C12CCC3(C)C(C(C)CCCC(C)C)CCC34[N+]#Cn3c(=O)n(-c5ccccc5)c(=O)n3C3(C=CC41)CC(CC(=O)CBr)CCC23C. The fraction of sp³-hybridized carbons (Fsp3) is 0.721. The highest BCUT2D eigenvalue weighted by Crippen LogP contribution is 2.78. The number of ketones is 1. The molecule has 4 bridgehead atoms. The predicted molar refractivity (Wildman–Crippen MR) is 209 cm³/mol. The maximum absolute atomic E-state index is 15.1. The summed E-state index contributed by atoms with van der Waals surface area (Å²) in [5.41, 5.74) is -2.11. The minimum absolute atomic E-state index is 0.0693. The van der Waals surface area contributed by atoms with Gasteiger partial charge in [-0.05, 0) is 90.3 Å². The van der Waals surface area contributed by atoms with Crippen molar-refractivity contribution in [3.8, 4) is 11.9 Å². The molecule has 0 N–H and O–H groups in total. The van der Waals surface area contributed by atoms with Crippen LogP contribution in [-0.2, 0) is 10.3 Å². The quantitative estimate of drug-likeness (QED) is 0.169. The molecule has 3 fully saturated rings. The maximum atomic E-state index is 15.1. The second-order valence-electron chi connectivity index (χ2n) is 18.3. The number of rotatable bonds is 11. The number of aromatic nitrogens is 3. The van der Waals surface area contributed by atoms with Gasteiger partial charge in [0.2, 0.25) is 5.54 Å². The Morgan fingerprint density at radius 2 is 1.75 bits per heavy atom. The van der Waals surface area contributed by atoms with Gasteiger partial charge in [-0.3, -0.25) is 4.79 Å². The number of benzene rings is 1. The molecule has 2 aromatic rings. The van der Waals surface area contributed by atoms with Crippen molar-refractivity contribution in [1.82, 2.24) is 13.9 Å². The minimum Gasteiger partial charge on any atom is -0.299 e. The fourth-order valence-electron chi connectivity index (χ4n) is 13.3. The van der Waals surface area contributed by atoms with Crippen molar-refractivity contribution in [2.75, 3.05) is 5.33 Å². The molecular weight excluding hydrogens is 700 g/mol.